The minimum absolute atomic E-state index is 0.0182. The molecular weight excluding hydrogens is 490 g/mol. The third kappa shape index (κ3) is 7.66. The van der Waals surface area contributed by atoms with E-state index in [4.69, 9.17) is 4.74 Å². The van der Waals surface area contributed by atoms with Crippen molar-refractivity contribution in [1.82, 2.24) is 25.0 Å². The van der Waals surface area contributed by atoms with Crippen LogP contribution < -0.4 is 10.1 Å². The van der Waals surface area contributed by atoms with Crippen LogP contribution in [0, 0.1) is 0 Å². The van der Waals surface area contributed by atoms with Gasteiger partial charge in [-0.2, -0.15) is 18.3 Å². The Balaban J connectivity index is 1.21. The highest BCUT2D eigenvalue weighted by atomic mass is 19.4. The molecule has 1 aliphatic heterocycles. The van der Waals surface area contributed by atoms with Gasteiger partial charge in [-0.05, 0) is 57.1 Å². The number of nitrogens with zero attached hydrogens (tertiary/aromatic N) is 4. The predicted molar refractivity (Wildman–Crippen MR) is 130 cm³/mol. The molecule has 1 fully saturated rings. The Kier molecular flexibility index (Phi) is 8.40. The number of rotatable bonds is 8. The van der Waals surface area contributed by atoms with Gasteiger partial charge in [-0.25, -0.2) is 9.37 Å². The van der Waals surface area contributed by atoms with Crippen LogP contribution in [-0.2, 0) is 31.1 Å². The summed E-state index contributed by atoms with van der Waals surface area (Å²) in [6.07, 6.45) is -0.601. The SMILES string of the molecule is CC(Oc1ccc2c(n1)CCN(CCC1(F)CCC(NC(=O)Cc3ccn(C)n3)CC1)CC2)C(F)(F)F. The number of ether oxygens (including phenoxy) is 1. The Bertz CT molecular complexity index is 1070. The molecule has 0 radical (unpaired) electrons. The van der Waals surface area contributed by atoms with Crippen LogP contribution in [0.5, 0.6) is 5.88 Å². The number of hydrogen-bond acceptors (Lipinski definition) is 5. The average molecular weight is 526 g/mol. The molecule has 204 valence electrons. The first-order chi connectivity index (χ1) is 17.5. The van der Waals surface area contributed by atoms with Crippen molar-refractivity contribution in [2.75, 3.05) is 19.6 Å². The van der Waals surface area contributed by atoms with Crippen LogP contribution in [0.3, 0.4) is 0 Å². The Hall–Kier alpha value is -2.69. The van der Waals surface area contributed by atoms with Crippen molar-refractivity contribution in [2.24, 2.45) is 7.05 Å². The molecule has 0 bridgehead atoms. The zero-order valence-electron chi connectivity index (χ0n) is 21.4. The summed E-state index contributed by atoms with van der Waals surface area (Å²) in [5, 5.41) is 7.24. The molecule has 1 amide bonds. The highest BCUT2D eigenvalue weighted by molar-refractivity contribution is 5.78. The number of fused-ring (bicyclic) bond motifs is 1. The summed E-state index contributed by atoms with van der Waals surface area (Å²) in [5.41, 5.74) is 1.19. The smallest absolute Gasteiger partial charge is 0.425 e. The molecule has 4 rings (SSSR count). The third-order valence-electron chi connectivity index (χ3n) is 7.40. The Morgan fingerprint density at radius 1 is 1.22 bits per heavy atom. The van der Waals surface area contributed by atoms with E-state index in [1.54, 1.807) is 24.0 Å². The number of alkyl halides is 4. The quantitative estimate of drug-likeness (QED) is 0.529. The van der Waals surface area contributed by atoms with Gasteiger partial charge in [0, 0.05) is 57.1 Å². The molecule has 2 aliphatic rings. The molecule has 1 N–H and O–H groups in total. The van der Waals surface area contributed by atoms with Gasteiger partial charge in [0.05, 0.1) is 12.1 Å². The first-order valence-corrected chi connectivity index (χ1v) is 12.9. The normalized spacial score (nSPS) is 23.7. The molecule has 0 spiro atoms. The van der Waals surface area contributed by atoms with E-state index in [1.807, 2.05) is 6.07 Å². The number of nitrogens with one attached hydrogen (secondary N) is 1. The maximum Gasteiger partial charge on any atom is 0.425 e. The van der Waals surface area contributed by atoms with Gasteiger partial charge in [0.15, 0.2) is 6.10 Å². The Labute approximate surface area is 214 Å². The van der Waals surface area contributed by atoms with E-state index in [0.29, 0.717) is 63.7 Å². The van der Waals surface area contributed by atoms with Crippen molar-refractivity contribution >= 4 is 5.91 Å². The second-order valence-corrected chi connectivity index (χ2v) is 10.3. The van der Waals surface area contributed by atoms with Gasteiger partial charge in [-0.3, -0.25) is 9.48 Å². The number of halogens is 4. The molecule has 1 unspecified atom stereocenters. The van der Waals surface area contributed by atoms with E-state index in [0.717, 1.165) is 24.7 Å². The summed E-state index contributed by atoms with van der Waals surface area (Å²) in [6, 6.07) is 5.06. The van der Waals surface area contributed by atoms with E-state index in [9.17, 15) is 18.0 Å². The molecule has 0 aromatic carbocycles. The predicted octanol–water partition coefficient (Wildman–Crippen LogP) is 3.95. The first-order valence-electron chi connectivity index (χ1n) is 12.9. The maximum atomic E-state index is 15.6. The molecule has 2 aromatic heterocycles. The molecule has 11 heteroatoms. The van der Waals surface area contributed by atoms with Crippen LogP contribution in [0.4, 0.5) is 17.6 Å². The highest BCUT2D eigenvalue weighted by Gasteiger charge is 2.38. The van der Waals surface area contributed by atoms with Crippen LogP contribution in [0.25, 0.3) is 0 Å². The number of aromatic nitrogens is 3. The van der Waals surface area contributed by atoms with E-state index < -0.39 is 17.9 Å². The van der Waals surface area contributed by atoms with Crippen LogP contribution in [-0.4, -0.2) is 69.2 Å². The lowest BCUT2D eigenvalue weighted by Gasteiger charge is -2.35. The van der Waals surface area contributed by atoms with Gasteiger partial charge in [-0.15, -0.1) is 0 Å². The van der Waals surface area contributed by atoms with Crippen LogP contribution in [0.2, 0.25) is 0 Å². The monoisotopic (exact) mass is 525 g/mol. The minimum atomic E-state index is -4.45. The average Bonchev–Trinajstić information content (AvgIpc) is 3.13. The third-order valence-corrected chi connectivity index (χ3v) is 7.40. The molecule has 7 nitrogen and oxygen atoms in total. The number of pyridine rings is 1. The number of carbonyl (C=O) groups is 1. The van der Waals surface area contributed by atoms with E-state index in [1.165, 1.54) is 6.07 Å². The fourth-order valence-corrected chi connectivity index (χ4v) is 5.03. The summed E-state index contributed by atoms with van der Waals surface area (Å²) in [5.74, 6) is -0.113. The lowest BCUT2D eigenvalue weighted by molar-refractivity contribution is -0.190. The molecule has 1 atom stereocenters. The second kappa shape index (κ2) is 11.4. The van der Waals surface area contributed by atoms with Crippen molar-refractivity contribution in [3.63, 3.8) is 0 Å². The summed E-state index contributed by atoms with van der Waals surface area (Å²) in [4.78, 5) is 18.8. The molecular formula is C26H35F4N5O2. The zero-order chi connectivity index (χ0) is 26.6. The van der Waals surface area contributed by atoms with Gasteiger partial charge in [0.2, 0.25) is 11.8 Å². The van der Waals surface area contributed by atoms with Gasteiger partial charge in [-0.1, -0.05) is 6.07 Å². The van der Waals surface area contributed by atoms with Gasteiger partial charge < -0.3 is 15.0 Å². The lowest BCUT2D eigenvalue weighted by atomic mass is 9.81. The van der Waals surface area contributed by atoms with E-state index in [-0.39, 0.29) is 24.2 Å². The molecule has 2 aromatic rings. The molecule has 0 saturated heterocycles. The number of hydrogen-bond donors (Lipinski definition) is 1. The largest absolute Gasteiger partial charge is 0.465 e. The molecule has 1 saturated carbocycles. The molecule has 3 heterocycles. The van der Waals surface area contributed by atoms with Crippen molar-refractivity contribution in [3.05, 3.63) is 41.3 Å². The van der Waals surface area contributed by atoms with Gasteiger partial charge in [0.25, 0.3) is 0 Å². The summed E-state index contributed by atoms with van der Waals surface area (Å²) < 4.78 is 60.6. The van der Waals surface area contributed by atoms with Crippen molar-refractivity contribution in [1.29, 1.82) is 0 Å². The number of amides is 1. The van der Waals surface area contributed by atoms with Crippen molar-refractivity contribution in [2.45, 2.75) is 82.3 Å². The van der Waals surface area contributed by atoms with Crippen molar-refractivity contribution in [3.8, 4) is 5.88 Å². The van der Waals surface area contributed by atoms with Crippen LogP contribution in [0.1, 0.15) is 56.0 Å². The standard InChI is InChI=1S/C26H35F4N5O2/c1-18(26(28,29)30)37-24-4-3-19-7-14-35(15-9-22(19)32-24)16-12-25(27)10-5-20(6-11-25)31-23(36)17-21-8-13-34(2)33-21/h3-4,8,13,18,20H,5-7,9-12,14-17H2,1-2H3,(H,31,36). The zero-order valence-corrected chi connectivity index (χ0v) is 21.4. The molecule has 1 aliphatic carbocycles. The van der Waals surface area contributed by atoms with Gasteiger partial charge >= 0.3 is 6.18 Å². The highest BCUT2D eigenvalue weighted by Crippen LogP contribution is 2.35. The lowest BCUT2D eigenvalue weighted by Crippen LogP contribution is -2.43. The fraction of sp³-hybridized carbons (Fsp3) is 0.654. The fourth-order valence-electron chi connectivity index (χ4n) is 5.03. The number of carbonyl (C=O) groups excluding carboxylic acids is 1. The topological polar surface area (TPSA) is 72.3 Å². The molecule has 37 heavy (non-hydrogen) atoms. The van der Waals surface area contributed by atoms with Crippen LogP contribution in [0.15, 0.2) is 24.4 Å². The number of aryl methyl sites for hydroxylation is 1. The Morgan fingerprint density at radius 2 is 1.95 bits per heavy atom. The summed E-state index contributed by atoms with van der Waals surface area (Å²) >= 11 is 0. The Morgan fingerprint density at radius 3 is 2.62 bits per heavy atom. The summed E-state index contributed by atoms with van der Waals surface area (Å²) in [6.45, 7) is 2.98. The first kappa shape index (κ1) is 27.3. The maximum absolute atomic E-state index is 15.6. The van der Waals surface area contributed by atoms with E-state index >= 15 is 4.39 Å². The summed E-state index contributed by atoms with van der Waals surface area (Å²) in [7, 11) is 1.80. The second-order valence-electron chi connectivity index (χ2n) is 10.3. The van der Waals surface area contributed by atoms with Crippen molar-refractivity contribution < 1.29 is 27.1 Å². The minimum Gasteiger partial charge on any atom is -0.465 e. The van der Waals surface area contributed by atoms with E-state index in [2.05, 4.69) is 20.3 Å². The van der Waals surface area contributed by atoms with Crippen LogP contribution >= 0.6 is 0 Å². The van der Waals surface area contributed by atoms with Gasteiger partial charge in [0.1, 0.15) is 5.67 Å².